The van der Waals surface area contributed by atoms with Gasteiger partial charge < -0.3 is 15.0 Å². The molecule has 1 atom stereocenters. The quantitative estimate of drug-likeness (QED) is 0.699. The van der Waals surface area contributed by atoms with Crippen LogP contribution in [0.2, 0.25) is 0 Å². The first-order chi connectivity index (χ1) is 14.3. The molecule has 1 fully saturated rings. The molecule has 1 aliphatic rings. The van der Waals surface area contributed by atoms with E-state index in [4.69, 9.17) is 4.74 Å². The van der Waals surface area contributed by atoms with Gasteiger partial charge in [0, 0.05) is 44.0 Å². The summed E-state index contributed by atoms with van der Waals surface area (Å²) in [6.45, 7) is 3.21. The van der Waals surface area contributed by atoms with Crippen LogP contribution in [0.5, 0.6) is 0 Å². The van der Waals surface area contributed by atoms with Gasteiger partial charge in [0.1, 0.15) is 6.61 Å². The lowest BCUT2D eigenvalue weighted by Gasteiger charge is -2.33. The Balaban J connectivity index is 1.26. The third kappa shape index (κ3) is 5.23. The van der Waals surface area contributed by atoms with E-state index in [2.05, 4.69) is 22.5 Å². The van der Waals surface area contributed by atoms with Crippen molar-refractivity contribution in [2.75, 3.05) is 19.6 Å². The molecule has 1 N–H and O–H groups in total. The van der Waals surface area contributed by atoms with Gasteiger partial charge in [-0.1, -0.05) is 60.7 Å². The van der Waals surface area contributed by atoms with E-state index in [-0.39, 0.29) is 12.1 Å². The fraction of sp³-hybridized carbons (Fsp3) is 0.304. The third-order valence-corrected chi connectivity index (χ3v) is 5.14. The Hall–Kier alpha value is -3.12. The maximum Gasteiger partial charge on any atom is 0.410 e. The van der Waals surface area contributed by atoms with E-state index in [0.29, 0.717) is 19.7 Å². The molecule has 150 valence electrons. The van der Waals surface area contributed by atoms with Gasteiger partial charge >= 0.3 is 6.09 Å². The molecule has 0 spiro atoms. The Bertz CT molecular complexity index is 911. The van der Waals surface area contributed by atoms with Crippen LogP contribution in [-0.2, 0) is 17.9 Å². The number of carbonyl (C=O) groups excluding carboxylic acids is 1. The van der Waals surface area contributed by atoms with E-state index in [0.717, 1.165) is 36.3 Å². The normalized spacial score (nSPS) is 16.6. The van der Waals surface area contributed by atoms with Crippen molar-refractivity contribution in [1.29, 1.82) is 0 Å². The molecule has 29 heavy (non-hydrogen) atoms. The number of rotatable bonds is 6. The Labute approximate surface area is 171 Å². The third-order valence-electron chi connectivity index (χ3n) is 5.14. The number of nitrogens with zero attached hydrogens (tertiary/aromatic N) is 3. The Morgan fingerprint density at radius 3 is 2.62 bits per heavy atom. The number of carbonyl (C=O) groups is 1. The molecule has 0 radical (unpaired) electrons. The lowest BCUT2D eigenvalue weighted by atomic mass is 10.1. The molecule has 6 heteroatoms. The first-order valence-electron chi connectivity index (χ1n) is 10.1. The average Bonchev–Trinajstić information content (AvgIpc) is 3.27. The summed E-state index contributed by atoms with van der Waals surface area (Å²) in [6.07, 6.45) is 2.67. The number of benzene rings is 2. The topological polar surface area (TPSA) is 59.4 Å². The number of hydrogen-bond donors (Lipinski definition) is 1. The number of aryl methyl sites for hydroxylation is 1. The molecular weight excluding hydrogens is 364 g/mol. The monoisotopic (exact) mass is 390 g/mol. The smallest absolute Gasteiger partial charge is 0.410 e. The average molecular weight is 390 g/mol. The number of nitrogens with one attached hydrogen (secondary N) is 1. The van der Waals surface area contributed by atoms with Gasteiger partial charge in [-0.05, 0) is 18.1 Å². The summed E-state index contributed by atoms with van der Waals surface area (Å²) in [5, 5.41) is 8.16. The predicted molar refractivity (Wildman–Crippen MR) is 112 cm³/mol. The van der Waals surface area contributed by atoms with E-state index in [1.807, 2.05) is 65.5 Å². The second-order valence-electron chi connectivity index (χ2n) is 7.26. The highest BCUT2D eigenvalue weighted by Crippen LogP contribution is 2.16. The minimum atomic E-state index is -0.245. The van der Waals surface area contributed by atoms with E-state index in [1.165, 1.54) is 0 Å². The Morgan fingerprint density at radius 1 is 1.07 bits per heavy atom. The van der Waals surface area contributed by atoms with Crippen molar-refractivity contribution in [3.8, 4) is 11.3 Å². The maximum absolute atomic E-state index is 12.4. The zero-order valence-corrected chi connectivity index (χ0v) is 16.4. The van der Waals surface area contributed by atoms with Crippen molar-refractivity contribution in [2.24, 2.45) is 0 Å². The molecule has 0 unspecified atom stereocenters. The van der Waals surface area contributed by atoms with Crippen LogP contribution in [0.15, 0.2) is 72.9 Å². The minimum Gasteiger partial charge on any atom is -0.445 e. The molecule has 0 aliphatic carbocycles. The van der Waals surface area contributed by atoms with Crippen molar-refractivity contribution in [2.45, 2.75) is 25.6 Å². The summed E-state index contributed by atoms with van der Waals surface area (Å²) in [5.74, 6) is 0. The van der Waals surface area contributed by atoms with Crippen molar-refractivity contribution in [3.63, 3.8) is 0 Å². The van der Waals surface area contributed by atoms with Gasteiger partial charge in [-0.3, -0.25) is 4.68 Å². The van der Waals surface area contributed by atoms with Crippen molar-refractivity contribution in [3.05, 3.63) is 78.5 Å². The van der Waals surface area contributed by atoms with Gasteiger partial charge in [-0.15, -0.1) is 0 Å². The van der Waals surface area contributed by atoms with Crippen LogP contribution in [0.3, 0.4) is 0 Å². The van der Waals surface area contributed by atoms with Gasteiger partial charge in [0.15, 0.2) is 0 Å². The zero-order valence-electron chi connectivity index (χ0n) is 16.4. The molecule has 0 saturated carbocycles. The Morgan fingerprint density at radius 2 is 1.83 bits per heavy atom. The van der Waals surface area contributed by atoms with Crippen molar-refractivity contribution < 1.29 is 9.53 Å². The van der Waals surface area contributed by atoms with Crippen LogP contribution < -0.4 is 5.32 Å². The van der Waals surface area contributed by atoms with Crippen LogP contribution in [0.1, 0.15) is 12.0 Å². The number of ether oxygens (including phenoxy) is 1. The summed E-state index contributed by atoms with van der Waals surface area (Å²) in [7, 11) is 0. The zero-order chi connectivity index (χ0) is 19.9. The van der Waals surface area contributed by atoms with Gasteiger partial charge in [-0.25, -0.2) is 4.79 Å². The van der Waals surface area contributed by atoms with Crippen LogP contribution in [-0.4, -0.2) is 46.4 Å². The fourth-order valence-electron chi connectivity index (χ4n) is 3.53. The van der Waals surface area contributed by atoms with Crippen LogP contribution in [0.4, 0.5) is 4.79 Å². The number of aromatic nitrogens is 2. The van der Waals surface area contributed by atoms with E-state index in [1.54, 1.807) is 4.90 Å². The van der Waals surface area contributed by atoms with Crippen molar-refractivity contribution >= 4 is 6.09 Å². The van der Waals surface area contributed by atoms with E-state index in [9.17, 15) is 4.79 Å². The molecule has 2 heterocycles. The highest BCUT2D eigenvalue weighted by Gasteiger charge is 2.24. The molecule has 0 bridgehead atoms. The molecule has 1 saturated heterocycles. The summed E-state index contributed by atoms with van der Waals surface area (Å²) in [4.78, 5) is 14.2. The molecule has 1 aliphatic heterocycles. The second kappa shape index (κ2) is 9.39. The van der Waals surface area contributed by atoms with E-state index < -0.39 is 0 Å². The molecule has 1 amide bonds. The molecule has 3 aromatic rings. The predicted octanol–water partition coefficient (Wildman–Crippen LogP) is 3.55. The second-order valence-corrected chi connectivity index (χ2v) is 7.26. The van der Waals surface area contributed by atoms with Gasteiger partial charge in [0.05, 0.1) is 5.69 Å². The van der Waals surface area contributed by atoms with Crippen LogP contribution in [0.25, 0.3) is 11.3 Å². The molecule has 6 nitrogen and oxygen atoms in total. The Kier molecular flexibility index (Phi) is 6.22. The van der Waals surface area contributed by atoms with Crippen molar-refractivity contribution in [1.82, 2.24) is 20.0 Å². The molecule has 4 rings (SSSR count). The standard InChI is InChI=1S/C23H26N4O2/c28-23(29-18-19-7-3-1-4-8-19)26-16-13-24-21(17-26)11-14-27-15-12-22(25-27)20-9-5-2-6-10-20/h1-10,12,15,21,24H,11,13-14,16-18H2/t21-/m1/s1. The van der Waals surface area contributed by atoms with Crippen LogP contribution >= 0.6 is 0 Å². The fourth-order valence-corrected chi connectivity index (χ4v) is 3.53. The summed E-state index contributed by atoms with van der Waals surface area (Å²) >= 11 is 0. The SMILES string of the molecule is O=C(OCc1ccccc1)N1CCN[C@H](CCn2ccc(-c3ccccc3)n2)C1. The van der Waals surface area contributed by atoms with Crippen LogP contribution in [0, 0.1) is 0 Å². The van der Waals surface area contributed by atoms with Gasteiger partial charge in [-0.2, -0.15) is 5.10 Å². The minimum absolute atomic E-state index is 0.234. The molecular formula is C23H26N4O2. The first kappa shape index (κ1) is 19.2. The number of piperazine rings is 1. The molecule has 2 aromatic carbocycles. The summed E-state index contributed by atoms with van der Waals surface area (Å²) < 4.78 is 7.44. The van der Waals surface area contributed by atoms with Gasteiger partial charge in [0.25, 0.3) is 0 Å². The number of hydrogen-bond acceptors (Lipinski definition) is 4. The van der Waals surface area contributed by atoms with E-state index >= 15 is 0 Å². The first-order valence-corrected chi connectivity index (χ1v) is 10.1. The number of amides is 1. The maximum atomic E-state index is 12.4. The largest absolute Gasteiger partial charge is 0.445 e. The van der Waals surface area contributed by atoms with Gasteiger partial charge in [0.2, 0.25) is 0 Å². The summed E-state index contributed by atoms with van der Waals surface area (Å²) in [5.41, 5.74) is 3.10. The highest BCUT2D eigenvalue weighted by atomic mass is 16.6. The highest BCUT2D eigenvalue weighted by molar-refractivity contribution is 5.67. The lowest BCUT2D eigenvalue weighted by molar-refractivity contribution is 0.0838. The molecule has 1 aromatic heterocycles. The lowest BCUT2D eigenvalue weighted by Crippen LogP contribution is -2.52. The summed E-state index contributed by atoms with van der Waals surface area (Å²) in [6, 6.07) is 22.2.